The molecule has 184 valence electrons. The molecule has 0 saturated carbocycles. The molecule has 0 unspecified atom stereocenters. The summed E-state index contributed by atoms with van der Waals surface area (Å²) < 4.78 is 46.5. The van der Waals surface area contributed by atoms with Gasteiger partial charge in [-0.15, -0.1) is 13.2 Å². The van der Waals surface area contributed by atoms with E-state index >= 15 is 0 Å². The topological polar surface area (TPSA) is 63.7 Å². The van der Waals surface area contributed by atoms with Gasteiger partial charge in [-0.3, -0.25) is 0 Å². The van der Waals surface area contributed by atoms with Crippen molar-refractivity contribution in [2.45, 2.75) is 32.5 Å². The Morgan fingerprint density at radius 1 is 1.06 bits per heavy atom. The number of benzene rings is 2. The number of nitrogens with zero attached hydrogens (tertiary/aromatic N) is 2. The molecule has 0 radical (unpaired) electrons. The third kappa shape index (κ3) is 7.37. The highest BCUT2D eigenvalue weighted by atomic mass is 19.4. The number of pyridine rings is 1. The van der Waals surface area contributed by atoms with Crippen LogP contribution in [0.15, 0.2) is 66.9 Å². The maximum atomic E-state index is 12.6. The van der Waals surface area contributed by atoms with E-state index in [9.17, 15) is 18.0 Å². The van der Waals surface area contributed by atoms with Crippen molar-refractivity contribution in [2.75, 3.05) is 18.4 Å². The molecule has 2 amide bonds. The number of hydrogen-bond acceptors (Lipinski definition) is 4. The number of likely N-dealkylation sites (tertiary alicyclic amines) is 1. The number of piperidine rings is 1. The molecule has 1 saturated heterocycles. The van der Waals surface area contributed by atoms with Crippen LogP contribution in [0.1, 0.15) is 24.0 Å². The summed E-state index contributed by atoms with van der Waals surface area (Å²) in [7, 11) is 0. The summed E-state index contributed by atoms with van der Waals surface area (Å²) in [5.41, 5.74) is 2.64. The highest BCUT2D eigenvalue weighted by molar-refractivity contribution is 5.89. The Hall–Kier alpha value is -3.75. The first-order valence-electron chi connectivity index (χ1n) is 11.3. The molecule has 1 aromatic heterocycles. The molecule has 1 N–H and O–H groups in total. The monoisotopic (exact) mass is 485 g/mol. The molecule has 1 aliphatic heterocycles. The Morgan fingerprint density at radius 3 is 2.46 bits per heavy atom. The summed E-state index contributed by atoms with van der Waals surface area (Å²) >= 11 is 0. The van der Waals surface area contributed by atoms with Crippen molar-refractivity contribution < 1.29 is 27.4 Å². The number of aromatic nitrogens is 1. The number of carbonyl (C=O) groups excluding carboxylic acids is 1. The predicted octanol–water partition coefficient (Wildman–Crippen LogP) is 6.57. The number of halogens is 3. The SMILES string of the molecule is Cc1ccc(Oc2cccc(CC3CCN(C(=O)Nc4ccc(OC(F)(F)F)cc4)CC3)c2)nc1. The van der Waals surface area contributed by atoms with E-state index in [0.717, 1.165) is 30.6 Å². The van der Waals surface area contributed by atoms with Crippen LogP contribution in [0.2, 0.25) is 0 Å². The number of ether oxygens (including phenoxy) is 2. The fourth-order valence-electron chi connectivity index (χ4n) is 3.99. The van der Waals surface area contributed by atoms with E-state index in [0.29, 0.717) is 30.6 Å². The number of rotatable bonds is 6. The van der Waals surface area contributed by atoms with Crippen LogP contribution in [-0.4, -0.2) is 35.4 Å². The van der Waals surface area contributed by atoms with E-state index in [2.05, 4.69) is 21.1 Å². The molecule has 1 aliphatic rings. The minimum atomic E-state index is -4.75. The average Bonchev–Trinajstić information content (AvgIpc) is 2.82. The van der Waals surface area contributed by atoms with E-state index in [4.69, 9.17) is 4.74 Å². The zero-order valence-corrected chi connectivity index (χ0v) is 19.2. The van der Waals surface area contributed by atoms with Gasteiger partial charge in [0.25, 0.3) is 0 Å². The van der Waals surface area contributed by atoms with Crippen molar-refractivity contribution in [1.82, 2.24) is 9.88 Å². The maximum absolute atomic E-state index is 12.6. The number of nitrogens with one attached hydrogen (secondary N) is 1. The maximum Gasteiger partial charge on any atom is 0.573 e. The summed E-state index contributed by atoms with van der Waals surface area (Å²) in [6, 6.07) is 16.6. The number of urea groups is 1. The van der Waals surface area contributed by atoms with Crippen molar-refractivity contribution in [2.24, 2.45) is 5.92 Å². The van der Waals surface area contributed by atoms with Gasteiger partial charge >= 0.3 is 12.4 Å². The molecule has 1 fully saturated rings. The molecule has 3 aromatic rings. The molecule has 9 heteroatoms. The van der Waals surface area contributed by atoms with Gasteiger partial charge in [-0.05, 0) is 79.6 Å². The highest BCUT2D eigenvalue weighted by Crippen LogP contribution is 2.27. The largest absolute Gasteiger partial charge is 0.573 e. The van der Waals surface area contributed by atoms with E-state index < -0.39 is 6.36 Å². The Bertz CT molecular complexity index is 1130. The molecule has 0 atom stereocenters. The van der Waals surface area contributed by atoms with Gasteiger partial charge in [-0.1, -0.05) is 18.2 Å². The van der Waals surface area contributed by atoms with Gasteiger partial charge in [-0.25, -0.2) is 9.78 Å². The zero-order chi connectivity index (χ0) is 24.8. The van der Waals surface area contributed by atoms with Gasteiger partial charge in [-0.2, -0.15) is 0 Å². The minimum Gasteiger partial charge on any atom is -0.439 e. The molecule has 2 aromatic carbocycles. The first kappa shape index (κ1) is 24.4. The van der Waals surface area contributed by atoms with Crippen molar-refractivity contribution >= 4 is 11.7 Å². The lowest BCUT2D eigenvalue weighted by Gasteiger charge is -2.32. The summed E-state index contributed by atoms with van der Waals surface area (Å²) in [5, 5.41) is 2.73. The number of anilines is 1. The summed E-state index contributed by atoms with van der Waals surface area (Å²) in [5.74, 6) is 1.39. The van der Waals surface area contributed by atoms with Crippen LogP contribution < -0.4 is 14.8 Å². The number of carbonyl (C=O) groups is 1. The fourth-order valence-corrected chi connectivity index (χ4v) is 3.99. The first-order valence-corrected chi connectivity index (χ1v) is 11.3. The van der Waals surface area contributed by atoms with Crippen LogP contribution in [0.4, 0.5) is 23.7 Å². The lowest BCUT2D eigenvalue weighted by atomic mass is 9.90. The second-order valence-corrected chi connectivity index (χ2v) is 8.56. The van der Waals surface area contributed by atoms with Gasteiger partial charge in [0.2, 0.25) is 5.88 Å². The average molecular weight is 486 g/mol. The Kier molecular flexibility index (Phi) is 7.43. The molecule has 2 heterocycles. The van der Waals surface area contributed by atoms with Gasteiger partial charge in [0, 0.05) is 31.0 Å². The molecule has 35 heavy (non-hydrogen) atoms. The van der Waals surface area contributed by atoms with Crippen LogP contribution in [0.5, 0.6) is 17.4 Å². The highest BCUT2D eigenvalue weighted by Gasteiger charge is 2.31. The van der Waals surface area contributed by atoms with Crippen molar-refractivity contribution in [3.63, 3.8) is 0 Å². The quantitative estimate of drug-likeness (QED) is 0.429. The molecule has 0 spiro atoms. The van der Waals surface area contributed by atoms with E-state index in [1.54, 1.807) is 11.1 Å². The van der Waals surface area contributed by atoms with Gasteiger partial charge in [0.1, 0.15) is 11.5 Å². The van der Waals surface area contributed by atoms with Gasteiger partial charge in [0.15, 0.2) is 0 Å². The second kappa shape index (κ2) is 10.7. The van der Waals surface area contributed by atoms with Crippen LogP contribution in [0, 0.1) is 12.8 Å². The summed E-state index contributed by atoms with van der Waals surface area (Å²) in [4.78, 5) is 18.6. The molecule has 0 bridgehead atoms. The number of hydrogen-bond donors (Lipinski definition) is 1. The normalized spacial score (nSPS) is 14.5. The van der Waals surface area contributed by atoms with Crippen molar-refractivity contribution in [3.05, 3.63) is 78.0 Å². The first-order chi connectivity index (χ1) is 16.7. The zero-order valence-electron chi connectivity index (χ0n) is 19.2. The van der Waals surface area contributed by atoms with Gasteiger partial charge in [0.05, 0.1) is 0 Å². The predicted molar refractivity (Wildman–Crippen MR) is 126 cm³/mol. The van der Waals surface area contributed by atoms with Crippen molar-refractivity contribution in [3.8, 4) is 17.4 Å². The second-order valence-electron chi connectivity index (χ2n) is 8.56. The Labute approximate surface area is 201 Å². The smallest absolute Gasteiger partial charge is 0.439 e. The van der Waals surface area contributed by atoms with Crippen LogP contribution in [-0.2, 0) is 6.42 Å². The summed E-state index contributed by atoms with van der Waals surface area (Å²) in [6.07, 6.45) is -0.385. The standard InChI is InChI=1S/C26H26F3N3O3/c1-18-5-10-24(30-17-18)34-23-4-2-3-20(16-23)15-19-11-13-32(14-12-19)25(33)31-21-6-8-22(9-7-21)35-26(27,28)29/h2-10,16-17,19H,11-15H2,1H3,(H,31,33). The molecular weight excluding hydrogens is 459 g/mol. The van der Waals surface area contributed by atoms with Crippen LogP contribution in [0.3, 0.4) is 0 Å². The number of aryl methyl sites for hydroxylation is 1. The fraction of sp³-hybridized carbons (Fsp3) is 0.308. The van der Waals surface area contributed by atoms with Crippen LogP contribution in [0.25, 0.3) is 0 Å². The Balaban J connectivity index is 1.25. The Morgan fingerprint density at radius 2 is 1.80 bits per heavy atom. The number of alkyl halides is 3. The molecule has 6 nitrogen and oxygen atoms in total. The van der Waals surface area contributed by atoms with Crippen molar-refractivity contribution in [1.29, 1.82) is 0 Å². The third-order valence-electron chi connectivity index (χ3n) is 5.77. The summed E-state index contributed by atoms with van der Waals surface area (Å²) in [6.45, 7) is 3.19. The molecule has 4 rings (SSSR count). The third-order valence-corrected chi connectivity index (χ3v) is 5.77. The number of amides is 2. The van der Waals surface area contributed by atoms with E-state index in [1.165, 1.54) is 29.8 Å². The molecular formula is C26H26F3N3O3. The lowest BCUT2D eigenvalue weighted by molar-refractivity contribution is -0.274. The van der Waals surface area contributed by atoms with Gasteiger partial charge < -0.3 is 19.7 Å². The lowest BCUT2D eigenvalue weighted by Crippen LogP contribution is -2.41. The molecule has 0 aliphatic carbocycles. The van der Waals surface area contributed by atoms with E-state index in [1.807, 2.05) is 37.3 Å². The van der Waals surface area contributed by atoms with Crippen LogP contribution >= 0.6 is 0 Å². The minimum absolute atomic E-state index is 0.270. The van der Waals surface area contributed by atoms with E-state index in [-0.39, 0.29) is 11.8 Å².